The first-order valence-corrected chi connectivity index (χ1v) is 7.26. The molecule has 1 aromatic rings. The van der Waals surface area contributed by atoms with Crippen molar-refractivity contribution >= 4 is 11.9 Å². The summed E-state index contributed by atoms with van der Waals surface area (Å²) in [4.78, 5) is 23.7. The number of amides is 1. The first kappa shape index (κ1) is 18.8. The molecule has 0 aliphatic carbocycles. The van der Waals surface area contributed by atoms with E-state index in [1.165, 1.54) is 21.3 Å². The van der Waals surface area contributed by atoms with Crippen LogP contribution in [0.15, 0.2) is 18.2 Å². The molecule has 0 aliphatic heterocycles. The maximum absolute atomic E-state index is 12.1. The molecule has 0 aliphatic rings. The lowest BCUT2D eigenvalue weighted by Crippen LogP contribution is -2.37. The van der Waals surface area contributed by atoms with Crippen molar-refractivity contribution in [3.63, 3.8) is 0 Å². The van der Waals surface area contributed by atoms with Gasteiger partial charge in [-0.25, -0.2) is 0 Å². The number of nitrogens with one attached hydrogen (secondary N) is 1. The molecule has 2 unspecified atom stereocenters. The van der Waals surface area contributed by atoms with E-state index in [-0.39, 0.29) is 24.8 Å². The fraction of sp³-hybridized carbons (Fsp3) is 0.500. The molecule has 2 atom stereocenters. The quantitative estimate of drug-likeness (QED) is 0.693. The number of hydrogen-bond acceptors (Lipinski definition) is 6. The number of ether oxygens (including phenoxy) is 3. The molecule has 128 valence electrons. The van der Waals surface area contributed by atoms with Crippen LogP contribution in [0.3, 0.4) is 0 Å². The highest BCUT2D eigenvalue weighted by molar-refractivity contribution is 5.80. The monoisotopic (exact) mass is 324 g/mol. The minimum absolute atomic E-state index is 0.00894. The van der Waals surface area contributed by atoms with Crippen molar-refractivity contribution in [3.05, 3.63) is 23.8 Å². The summed E-state index contributed by atoms with van der Waals surface area (Å²) in [6.07, 6.45) is 0.00894. The van der Waals surface area contributed by atoms with Crippen LogP contribution in [0.1, 0.15) is 24.9 Å². The van der Waals surface area contributed by atoms with E-state index in [0.717, 1.165) is 0 Å². The number of nitrogens with two attached hydrogens (primary N) is 1. The van der Waals surface area contributed by atoms with Gasteiger partial charge >= 0.3 is 5.97 Å². The smallest absolute Gasteiger partial charge is 0.307 e. The Hall–Kier alpha value is -2.28. The summed E-state index contributed by atoms with van der Waals surface area (Å²) in [6.45, 7) is 1.95. The largest absolute Gasteiger partial charge is 0.493 e. The fourth-order valence-electron chi connectivity index (χ4n) is 1.99. The molecule has 7 nitrogen and oxygen atoms in total. The average molecular weight is 324 g/mol. The van der Waals surface area contributed by atoms with Crippen LogP contribution in [-0.2, 0) is 14.3 Å². The third-order valence-electron chi connectivity index (χ3n) is 3.53. The molecule has 0 radical (unpaired) electrons. The maximum atomic E-state index is 12.1. The summed E-state index contributed by atoms with van der Waals surface area (Å²) in [5, 5.41) is 2.82. The van der Waals surface area contributed by atoms with Crippen molar-refractivity contribution < 1.29 is 23.8 Å². The van der Waals surface area contributed by atoms with Gasteiger partial charge in [0.25, 0.3) is 0 Å². The second kappa shape index (κ2) is 8.99. The molecule has 23 heavy (non-hydrogen) atoms. The number of carbonyl (C=O) groups excluding carboxylic acids is 2. The Morgan fingerprint density at radius 3 is 2.35 bits per heavy atom. The molecule has 0 fully saturated rings. The van der Waals surface area contributed by atoms with E-state index in [4.69, 9.17) is 19.9 Å². The Kier molecular flexibility index (Phi) is 7.34. The molecule has 3 N–H and O–H groups in total. The minimum Gasteiger partial charge on any atom is -0.493 e. The topological polar surface area (TPSA) is 99.9 Å². The Labute approximate surface area is 136 Å². The summed E-state index contributed by atoms with van der Waals surface area (Å²) >= 11 is 0. The molecule has 0 heterocycles. The van der Waals surface area contributed by atoms with Gasteiger partial charge in [-0.1, -0.05) is 13.0 Å². The van der Waals surface area contributed by atoms with Crippen LogP contribution in [0.25, 0.3) is 0 Å². The SMILES string of the molecule is COC(=O)CC(NC(=O)C(C)CN)c1ccc(OC)c(OC)c1. The Bertz CT molecular complexity index is 547. The van der Waals surface area contributed by atoms with Crippen molar-refractivity contribution in [2.75, 3.05) is 27.9 Å². The summed E-state index contributed by atoms with van der Waals surface area (Å²) in [7, 11) is 4.36. The van der Waals surface area contributed by atoms with Crippen molar-refractivity contribution in [2.24, 2.45) is 11.7 Å². The van der Waals surface area contributed by atoms with Crippen LogP contribution in [0.2, 0.25) is 0 Å². The van der Waals surface area contributed by atoms with Gasteiger partial charge in [0.1, 0.15) is 0 Å². The summed E-state index contributed by atoms with van der Waals surface area (Å²) < 4.78 is 15.1. The summed E-state index contributed by atoms with van der Waals surface area (Å²) in [5.41, 5.74) is 6.22. The van der Waals surface area contributed by atoms with Gasteiger partial charge in [-0.15, -0.1) is 0 Å². The molecular weight excluding hydrogens is 300 g/mol. The zero-order valence-electron chi connectivity index (χ0n) is 13.9. The molecule has 1 aromatic carbocycles. The standard InChI is InChI=1S/C16H24N2O5/c1-10(9-17)16(20)18-12(8-15(19)23-4)11-5-6-13(21-2)14(7-11)22-3/h5-7,10,12H,8-9,17H2,1-4H3,(H,18,20). The van der Waals surface area contributed by atoms with Gasteiger partial charge in [-0.3, -0.25) is 9.59 Å². The van der Waals surface area contributed by atoms with Gasteiger partial charge < -0.3 is 25.3 Å². The van der Waals surface area contributed by atoms with E-state index in [2.05, 4.69) is 5.32 Å². The number of hydrogen-bond donors (Lipinski definition) is 2. The molecule has 0 aromatic heterocycles. The molecule has 0 spiro atoms. The van der Waals surface area contributed by atoms with Gasteiger partial charge in [-0.05, 0) is 17.7 Å². The van der Waals surface area contributed by atoms with Gasteiger partial charge in [0.15, 0.2) is 11.5 Å². The number of rotatable bonds is 8. The van der Waals surface area contributed by atoms with Crippen molar-refractivity contribution in [1.82, 2.24) is 5.32 Å². The van der Waals surface area contributed by atoms with Gasteiger partial charge in [0.2, 0.25) is 5.91 Å². The van der Waals surface area contributed by atoms with Gasteiger partial charge in [-0.2, -0.15) is 0 Å². The zero-order valence-corrected chi connectivity index (χ0v) is 13.9. The van der Waals surface area contributed by atoms with Crippen LogP contribution < -0.4 is 20.5 Å². The van der Waals surface area contributed by atoms with Crippen molar-refractivity contribution in [1.29, 1.82) is 0 Å². The second-order valence-electron chi connectivity index (χ2n) is 5.09. The molecule has 0 saturated carbocycles. The van der Waals surface area contributed by atoms with Crippen LogP contribution in [0.4, 0.5) is 0 Å². The fourth-order valence-corrected chi connectivity index (χ4v) is 1.99. The predicted molar refractivity (Wildman–Crippen MR) is 85.3 cm³/mol. The van der Waals surface area contributed by atoms with E-state index < -0.39 is 12.0 Å². The third-order valence-corrected chi connectivity index (χ3v) is 3.53. The first-order chi connectivity index (χ1) is 11.0. The number of benzene rings is 1. The molecule has 7 heteroatoms. The van der Waals surface area contributed by atoms with Crippen molar-refractivity contribution in [2.45, 2.75) is 19.4 Å². The van der Waals surface area contributed by atoms with E-state index in [1.54, 1.807) is 25.1 Å². The first-order valence-electron chi connectivity index (χ1n) is 7.26. The van der Waals surface area contributed by atoms with Crippen LogP contribution in [-0.4, -0.2) is 39.8 Å². The van der Waals surface area contributed by atoms with Crippen LogP contribution in [0.5, 0.6) is 11.5 Å². The molecular formula is C16H24N2O5. The van der Waals surface area contributed by atoms with E-state index in [9.17, 15) is 9.59 Å². The van der Waals surface area contributed by atoms with Crippen LogP contribution in [0, 0.1) is 5.92 Å². The van der Waals surface area contributed by atoms with E-state index >= 15 is 0 Å². The Balaban J connectivity index is 3.08. The third kappa shape index (κ3) is 5.14. The number of methoxy groups -OCH3 is 3. The maximum Gasteiger partial charge on any atom is 0.307 e. The van der Waals surface area contributed by atoms with E-state index in [0.29, 0.717) is 17.1 Å². The lowest BCUT2D eigenvalue weighted by Gasteiger charge is -2.21. The highest BCUT2D eigenvalue weighted by Gasteiger charge is 2.22. The van der Waals surface area contributed by atoms with Crippen molar-refractivity contribution in [3.8, 4) is 11.5 Å². The highest BCUT2D eigenvalue weighted by atomic mass is 16.5. The van der Waals surface area contributed by atoms with Gasteiger partial charge in [0.05, 0.1) is 33.8 Å². The molecule has 0 bridgehead atoms. The number of esters is 1. The predicted octanol–water partition coefficient (Wildman–Crippen LogP) is 1.02. The minimum atomic E-state index is -0.538. The molecule has 1 amide bonds. The van der Waals surface area contributed by atoms with E-state index in [1.807, 2.05) is 0 Å². The van der Waals surface area contributed by atoms with Gasteiger partial charge in [0, 0.05) is 12.5 Å². The zero-order chi connectivity index (χ0) is 17.4. The summed E-state index contributed by atoms with van der Waals surface area (Å²) in [6, 6.07) is 4.67. The second-order valence-corrected chi connectivity index (χ2v) is 5.09. The normalized spacial score (nSPS) is 12.9. The van der Waals surface area contributed by atoms with Crippen LogP contribution >= 0.6 is 0 Å². The molecule has 1 rings (SSSR count). The lowest BCUT2D eigenvalue weighted by atomic mass is 10.0. The average Bonchev–Trinajstić information content (AvgIpc) is 2.59. The Morgan fingerprint density at radius 1 is 1.17 bits per heavy atom. The number of carbonyl (C=O) groups is 2. The Morgan fingerprint density at radius 2 is 1.83 bits per heavy atom. The highest BCUT2D eigenvalue weighted by Crippen LogP contribution is 2.31. The summed E-state index contributed by atoms with van der Waals surface area (Å²) in [5.74, 6) is 0.0766. The lowest BCUT2D eigenvalue weighted by molar-refractivity contribution is -0.141. The molecule has 0 saturated heterocycles.